The van der Waals surface area contributed by atoms with Crippen LogP contribution in [0.15, 0.2) is 48.5 Å². The molecule has 0 aliphatic carbocycles. The number of carbonyl (C=O) groups is 2. The molecule has 31 heavy (non-hydrogen) atoms. The number of carbonyl (C=O) groups excluding carboxylic acids is 2. The van der Waals surface area contributed by atoms with Crippen molar-refractivity contribution in [1.82, 2.24) is 10.2 Å². The maximum atomic E-state index is 12.6. The van der Waals surface area contributed by atoms with Gasteiger partial charge in [0.1, 0.15) is 17.1 Å². The maximum Gasteiger partial charge on any atom is 0.387 e. The fourth-order valence-corrected chi connectivity index (χ4v) is 4.06. The molecule has 0 saturated carbocycles. The number of rotatable bonds is 5. The summed E-state index contributed by atoms with van der Waals surface area (Å²) in [6, 6.07) is 13.2. The van der Waals surface area contributed by atoms with Crippen LogP contribution < -0.4 is 20.1 Å². The van der Waals surface area contributed by atoms with Crippen molar-refractivity contribution in [3.63, 3.8) is 0 Å². The fraction of sp³-hybridized carbons (Fsp3) is 0.364. The predicted octanol–water partition coefficient (Wildman–Crippen LogP) is 2.88. The molecule has 1 fully saturated rings. The van der Waals surface area contributed by atoms with E-state index in [1.165, 1.54) is 12.1 Å². The number of para-hydroxylation sites is 3. The number of likely N-dealkylation sites (tertiary alicyclic amines) is 1. The van der Waals surface area contributed by atoms with Gasteiger partial charge in [0.05, 0.1) is 24.3 Å². The van der Waals surface area contributed by atoms with E-state index in [2.05, 4.69) is 15.4 Å². The van der Waals surface area contributed by atoms with Gasteiger partial charge in [-0.2, -0.15) is 8.78 Å². The number of nitrogens with one attached hydrogen (secondary N) is 2. The van der Waals surface area contributed by atoms with Crippen molar-refractivity contribution in [2.75, 3.05) is 31.5 Å². The van der Waals surface area contributed by atoms with Gasteiger partial charge in [0.15, 0.2) is 0 Å². The number of halogens is 2. The molecule has 0 radical (unpaired) electrons. The lowest BCUT2D eigenvalue weighted by Crippen LogP contribution is -2.57. The molecule has 7 nitrogen and oxygen atoms in total. The number of benzene rings is 2. The Hall–Kier alpha value is -3.20. The van der Waals surface area contributed by atoms with E-state index in [1.807, 2.05) is 11.0 Å². The van der Waals surface area contributed by atoms with Crippen LogP contribution in [0.2, 0.25) is 0 Å². The van der Waals surface area contributed by atoms with Crippen LogP contribution in [-0.4, -0.2) is 55.1 Å². The Kier molecular flexibility index (Phi) is 6.03. The second kappa shape index (κ2) is 8.89. The molecule has 2 amide bonds. The number of amides is 2. The topological polar surface area (TPSA) is 79.9 Å². The summed E-state index contributed by atoms with van der Waals surface area (Å²) in [5.41, 5.74) is 0.0358. The zero-order valence-electron chi connectivity index (χ0n) is 16.8. The summed E-state index contributed by atoms with van der Waals surface area (Å²) < 4.78 is 35.9. The van der Waals surface area contributed by atoms with E-state index in [9.17, 15) is 18.4 Å². The first-order valence-corrected chi connectivity index (χ1v) is 10.1. The molecule has 2 aromatic rings. The summed E-state index contributed by atoms with van der Waals surface area (Å²) >= 11 is 0. The van der Waals surface area contributed by atoms with Gasteiger partial charge in [-0.25, -0.2) is 0 Å². The monoisotopic (exact) mass is 431 g/mol. The minimum absolute atomic E-state index is 0.0592. The summed E-state index contributed by atoms with van der Waals surface area (Å²) in [6.07, 6.45) is 1.53. The van der Waals surface area contributed by atoms with E-state index in [0.29, 0.717) is 30.9 Å². The maximum absolute atomic E-state index is 12.6. The molecule has 4 rings (SSSR count). The highest BCUT2D eigenvalue weighted by atomic mass is 19.3. The lowest BCUT2D eigenvalue weighted by atomic mass is 9.92. The molecule has 1 atom stereocenters. The molecular weight excluding hydrogens is 408 g/mol. The zero-order valence-corrected chi connectivity index (χ0v) is 16.8. The summed E-state index contributed by atoms with van der Waals surface area (Å²) in [4.78, 5) is 26.9. The minimum atomic E-state index is -2.98. The second-order valence-corrected chi connectivity index (χ2v) is 7.70. The molecule has 0 aromatic heterocycles. The second-order valence-electron chi connectivity index (χ2n) is 7.70. The van der Waals surface area contributed by atoms with Crippen molar-refractivity contribution in [3.8, 4) is 11.5 Å². The number of hydrogen-bond acceptors (Lipinski definition) is 5. The largest absolute Gasteiger partial charge is 0.483 e. The molecule has 2 aliphatic heterocycles. The third-order valence-electron chi connectivity index (χ3n) is 5.39. The molecule has 2 N–H and O–H groups in total. The average molecular weight is 431 g/mol. The van der Waals surface area contributed by atoms with Gasteiger partial charge in [0.25, 0.3) is 5.91 Å². The van der Waals surface area contributed by atoms with Gasteiger partial charge in [-0.3, -0.25) is 14.5 Å². The van der Waals surface area contributed by atoms with Crippen molar-refractivity contribution < 1.29 is 27.8 Å². The highest BCUT2D eigenvalue weighted by Crippen LogP contribution is 2.32. The average Bonchev–Trinajstić information content (AvgIpc) is 2.86. The van der Waals surface area contributed by atoms with Crippen molar-refractivity contribution in [3.05, 3.63) is 54.1 Å². The highest BCUT2D eigenvalue weighted by molar-refractivity contribution is 5.97. The first-order chi connectivity index (χ1) is 14.9. The number of nitrogens with zero attached hydrogens (tertiary/aromatic N) is 1. The fourth-order valence-electron chi connectivity index (χ4n) is 4.06. The molecule has 2 heterocycles. The van der Waals surface area contributed by atoms with Crippen LogP contribution in [0.4, 0.5) is 14.5 Å². The Morgan fingerprint density at radius 3 is 2.84 bits per heavy atom. The van der Waals surface area contributed by atoms with Gasteiger partial charge in [0.2, 0.25) is 5.91 Å². The van der Waals surface area contributed by atoms with E-state index < -0.39 is 12.2 Å². The Bertz CT molecular complexity index is 971. The number of fused-ring (bicyclic) bond motifs is 1. The van der Waals surface area contributed by atoms with Crippen molar-refractivity contribution in [2.45, 2.75) is 25.1 Å². The summed E-state index contributed by atoms with van der Waals surface area (Å²) in [7, 11) is 0. The first-order valence-electron chi connectivity index (χ1n) is 10.1. The third-order valence-corrected chi connectivity index (χ3v) is 5.39. The van der Waals surface area contributed by atoms with Gasteiger partial charge < -0.3 is 20.1 Å². The number of hydrogen-bond donors (Lipinski definition) is 2. The van der Waals surface area contributed by atoms with Crippen LogP contribution in [0.1, 0.15) is 23.2 Å². The number of ether oxygens (including phenoxy) is 2. The van der Waals surface area contributed by atoms with Gasteiger partial charge >= 0.3 is 6.61 Å². The SMILES string of the molecule is O=C(CN1CCC[C@]2(CNC(=O)c3ccccc3O2)C1)Nc1ccccc1OC(F)F. The van der Waals surface area contributed by atoms with E-state index in [0.717, 1.165) is 12.8 Å². The van der Waals surface area contributed by atoms with E-state index >= 15 is 0 Å². The minimum Gasteiger partial charge on any atom is -0.483 e. The van der Waals surface area contributed by atoms with Crippen LogP contribution in [0.3, 0.4) is 0 Å². The Balaban J connectivity index is 1.43. The first kappa shape index (κ1) is 21.0. The summed E-state index contributed by atoms with van der Waals surface area (Å²) in [5.74, 6) is -0.0901. The highest BCUT2D eigenvalue weighted by Gasteiger charge is 2.41. The van der Waals surface area contributed by atoms with Crippen molar-refractivity contribution >= 4 is 17.5 Å². The standard InChI is InChI=1S/C22H23F2N3O4/c23-21(24)30-18-9-4-2-7-16(18)26-19(28)12-27-11-5-10-22(14-27)13-25-20(29)15-6-1-3-8-17(15)31-22/h1-4,6-9,21H,5,10-14H2,(H,25,29)(H,26,28)/t22-/m0/s1. The summed E-state index contributed by atoms with van der Waals surface area (Å²) in [5, 5.41) is 5.56. The van der Waals surface area contributed by atoms with Gasteiger partial charge in [-0.05, 0) is 43.7 Å². The molecule has 2 aromatic carbocycles. The molecule has 1 saturated heterocycles. The summed E-state index contributed by atoms with van der Waals surface area (Å²) in [6.45, 7) is -1.45. The lowest BCUT2D eigenvalue weighted by molar-refractivity contribution is -0.118. The molecule has 1 spiro atoms. The number of piperidine rings is 1. The molecule has 0 unspecified atom stereocenters. The molecule has 164 valence electrons. The normalized spacial score (nSPS) is 21.1. The van der Waals surface area contributed by atoms with Gasteiger partial charge in [0, 0.05) is 6.54 Å². The third kappa shape index (κ3) is 4.93. The van der Waals surface area contributed by atoms with Crippen LogP contribution >= 0.6 is 0 Å². The van der Waals surface area contributed by atoms with E-state index in [1.54, 1.807) is 30.3 Å². The lowest BCUT2D eigenvalue weighted by Gasteiger charge is -2.41. The Morgan fingerprint density at radius 2 is 2.00 bits per heavy atom. The molecule has 0 bridgehead atoms. The van der Waals surface area contributed by atoms with E-state index in [4.69, 9.17) is 4.74 Å². The zero-order chi connectivity index (χ0) is 21.8. The molecular formula is C22H23F2N3O4. The van der Waals surface area contributed by atoms with Crippen molar-refractivity contribution in [2.24, 2.45) is 0 Å². The van der Waals surface area contributed by atoms with E-state index in [-0.39, 0.29) is 29.8 Å². The molecule has 9 heteroatoms. The van der Waals surface area contributed by atoms with Crippen LogP contribution in [0.5, 0.6) is 11.5 Å². The molecule has 2 aliphatic rings. The Morgan fingerprint density at radius 1 is 1.23 bits per heavy atom. The van der Waals surface area contributed by atoms with Crippen LogP contribution in [0, 0.1) is 0 Å². The number of anilines is 1. The Labute approximate surface area is 178 Å². The van der Waals surface area contributed by atoms with Crippen LogP contribution in [-0.2, 0) is 4.79 Å². The predicted molar refractivity (Wildman–Crippen MR) is 110 cm³/mol. The van der Waals surface area contributed by atoms with Gasteiger partial charge in [-0.15, -0.1) is 0 Å². The van der Waals surface area contributed by atoms with Gasteiger partial charge in [-0.1, -0.05) is 24.3 Å². The smallest absolute Gasteiger partial charge is 0.387 e. The number of alkyl halides is 2. The van der Waals surface area contributed by atoms with Crippen LogP contribution in [0.25, 0.3) is 0 Å². The van der Waals surface area contributed by atoms with Crippen molar-refractivity contribution in [1.29, 1.82) is 0 Å². The quantitative estimate of drug-likeness (QED) is 0.761.